The quantitative estimate of drug-likeness (QED) is 0.896. The molecule has 0 unspecified atom stereocenters. The molecule has 2 amide bonds. The first-order valence-electron chi connectivity index (χ1n) is 9.41. The lowest BCUT2D eigenvalue weighted by Crippen LogP contribution is -2.51. The largest absolute Gasteiger partial charge is 0.351 e. The zero-order chi connectivity index (χ0) is 18.1. The summed E-state index contributed by atoms with van der Waals surface area (Å²) in [7, 11) is 0. The van der Waals surface area contributed by atoms with Crippen molar-refractivity contribution in [2.75, 3.05) is 0 Å². The van der Waals surface area contributed by atoms with Gasteiger partial charge >= 0.3 is 0 Å². The summed E-state index contributed by atoms with van der Waals surface area (Å²) in [6.07, 6.45) is 6.47. The third-order valence-electron chi connectivity index (χ3n) is 5.68. The Balaban J connectivity index is 1.60. The van der Waals surface area contributed by atoms with Gasteiger partial charge in [-0.3, -0.25) is 9.59 Å². The first-order chi connectivity index (χ1) is 12.6. The smallest absolute Gasteiger partial charge is 0.249 e. The second kappa shape index (κ2) is 7.27. The summed E-state index contributed by atoms with van der Waals surface area (Å²) in [6, 6.07) is 7.53. The Hall–Kier alpha value is -2.08. The SMILES string of the molecule is C[C@@H]1CCCC[C@H]1NC(=O)[C@@H]1c2cccn2CC(=O)N1Cc1cccs1. The van der Waals surface area contributed by atoms with E-state index in [1.807, 2.05) is 40.4 Å². The lowest BCUT2D eigenvalue weighted by Gasteiger charge is -2.37. The van der Waals surface area contributed by atoms with Gasteiger partial charge in [-0.15, -0.1) is 11.3 Å². The van der Waals surface area contributed by atoms with Crippen molar-refractivity contribution in [3.63, 3.8) is 0 Å². The monoisotopic (exact) mass is 371 g/mol. The van der Waals surface area contributed by atoms with E-state index in [9.17, 15) is 9.59 Å². The van der Waals surface area contributed by atoms with Gasteiger partial charge in [0.05, 0.1) is 12.2 Å². The number of nitrogens with zero attached hydrogens (tertiary/aromatic N) is 2. The molecule has 4 rings (SSSR count). The standard InChI is InChI=1S/C20H25N3O2S/c1-14-6-2-3-8-16(14)21-20(25)19-17-9-4-10-22(17)13-18(24)23(19)12-15-7-5-11-26-15/h4-5,7,9-11,14,16,19H,2-3,6,8,12-13H2,1H3,(H,21,25)/t14-,16-,19+/m1/s1. The van der Waals surface area contributed by atoms with Gasteiger partial charge in [0, 0.05) is 17.1 Å². The van der Waals surface area contributed by atoms with E-state index in [1.54, 1.807) is 16.2 Å². The highest BCUT2D eigenvalue weighted by molar-refractivity contribution is 7.09. The molecule has 0 radical (unpaired) electrons. The fraction of sp³-hybridized carbons (Fsp3) is 0.500. The molecule has 0 bridgehead atoms. The first-order valence-corrected chi connectivity index (χ1v) is 10.3. The third kappa shape index (κ3) is 3.30. The molecule has 1 aliphatic heterocycles. The molecular formula is C20H25N3O2S. The van der Waals surface area contributed by atoms with Gasteiger partial charge in [0.1, 0.15) is 6.54 Å². The minimum atomic E-state index is -0.553. The van der Waals surface area contributed by atoms with Gasteiger partial charge in [0.15, 0.2) is 6.04 Å². The molecule has 0 spiro atoms. The number of amides is 2. The maximum atomic E-state index is 13.2. The zero-order valence-electron chi connectivity index (χ0n) is 15.1. The van der Waals surface area contributed by atoms with Gasteiger partial charge < -0.3 is 14.8 Å². The van der Waals surface area contributed by atoms with E-state index in [0.717, 1.165) is 29.8 Å². The predicted octanol–water partition coefficient (Wildman–Crippen LogP) is 3.33. The summed E-state index contributed by atoms with van der Waals surface area (Å²) in [5, 5.41) is 5.26. The van der Waals surface area contributed by atoms with Crippen LogP contribution in [0.5, 0.6) is 0 Å². The van der Waals surface area contributed by atoms with Crippen LogP contribution in [0.15, 0.2) is 35.8 Å². The van der Waals surface area contributed by atoms with Crippen molar-refractivity contribution in [3.8, 4) is 0 Å². The molecule has 2 aliphatic rings. The molecule has 1 fully saturated rings. The molecule has 3 atom stereocenters. The molecule has 2 aromatic rings. The summed E-state index contributed by atoms with van der Waals surface area (Å²) in [6.45, 7) is 3.00. The van der Waals surface area contributed by atoms with E-state index in [1.165, 1.54) is 6.42 Å². The van der Waals surface area contributed by atoms with E-state index in [4.69, 9.17) is 0 Å². The Kier molecular flexibility index (Phi) is 4.85. The first kappa shape index (κ1) is 17.3. The fourth-order valence-corrected chi connectivity index (χ4v) is 4.88. The van der Waals surface area contributed by atoms with Gasteiger partial charge in [0.2, 0.25) is 11.8 Å². The molecule has 0 aromatic carbocycles. The minimum Gasteiger partial charge on any atom is -0.351 e. The molecule has 1 saturated carbocycles. The molecule has 26 heavy (non-hydrogen) atoms. The molecule has 5 nitrogen and oxygen atoms in total. The van der Waals surface area contributed by atoms with Crippen LogP contribution < -0.4 is 5.32 Å². The van der Waals surface area contributed by atoms with Crippen LogP contribution in [0, 0.1) is 5.92 Å². The van der Waals surface area contributed by atoms with E-state index in [0.29, 0.717) is 19.0 Å². The number of nitrogens with one attached hydrogen (secondary N) is 1. The highest BCUT2D eigenvalue weighted by Gasteiger charge is 2.38. The summed E-state index contributed by atoms with van der Waals surface area (Å²) in [5.41, 5.74) is 0.905. The van der Waals surface area contributed by atoms with Crippen LogP contribution in [0.4, 0.5) is 0 Å². The number of thiophene rings is 1. The van der Waals surface area contributed by atoms with E-state index in [2.05, 4.69) is 12.2 Å². The van der Waals surface area contributed by atoms with Crippen molar-refractivity contribution in [1.29, 1.82) is 0 Å². The highest BCUT2D eigenvalue weighted by atomic mass is 32.1. The van der Waals surface area contributed by atoms with Gasteiger partial charge in [0.25, 0.3) is 0 Å². The molecule has 6 heteroatoms. The summed E-state index contributed by atoms with van der Waals surface area (Å²) in [4.78, 5) is 28.9. The van der Waals surface area contributed by atoms with Crippen LogP contribution in [0.2, 0.25) is 0 Å². The van der Waals surface area contributed by atoms with Crippen LogP contribution in [-0.2, 0) is 22.7 Å². The number of carbonyl (C=O) groups excluding carboxylic acids is 2. The van der Waals surface area contributed by atoms with E-state index < -0.39 is 6.04 Å². The number of fused-ring (bicyclic) bond motifs is 1. The Bertz CT molecular complexity index is 783. The molecule has 2 aromatic heterocycles. The highest BCUT2D eigenvalue weighted by Crippen LogP contribution is 2.31. The second-order valence-corrected chi connectivity index (χ2v) is 8.47. The molecule has 1 aliphatic carbocycles. The van der Waals surface area contributed by atoms with Crippen LogP contribution in [0.25, 0.3) is 0 Å². The van der Waals surface area contributed by atoms with Crippen LogP contribution in [-0.4, -0.2) is 27.3 Å². The Labute approximate surface area is 158 Å². The van der Waals surface area contributed by atoms with Gasteiger partial charge in [-0.1, -0.05) is 25.8 Å². The number of carbonyl (C=O) groups is 2. The Morgan fingerprint density at radius 1 is 1.27 bits per heavy atom. The maximum Gasteiger partial charge on any atom is 0.249 e. The number of hydrogen-bond acceptors (Lipinski definition) is 3. The summed E-state index contributed by atoms with van der Waals surface area (Å²) in [5.74, 6) is 0.441. The summed E-state index contributed by atoms with van der Waals surface area (Å²) < 4.78 is 1.90. The maximum absolute atomic E-state index is 13.2. The zero-order valence-corrected chi connectivity index (χ0v) is 15.9. The van der Waals surface area contributed by atoms with Crippen LogP contribution in [0.3, 0.4) is 0 Å². The van der Waals surface area contributed by atoms with Crippen molar-refractivity contribution in [1.82, 2.24) is 14.8 Å². The number of aromatic nitrogens is 1. The minimum absolute atomic E-state index is 0.000979. The van der Waals surface area contributed by atoms with Crippen molar-refractivity contribution >= 4 is 23.2 Å². The molecule has 0 saturated heterocycles. The topological polar surface area (TPSA) is 54.3 Å². The number of rotatable bonds is 4. The van der Waals surface area contributed by atoms with E-state index >= 15 is 0 Å². The van der Waals surface area contributed by atoms with Gasteiger partial charge in [-0.25, -0.2) is 0 Å². The average Bonchev–Trinajstić information content (AvgIpc) is 3.29. The van der Waals surface area contributed by atoms with Crippen molar-refractivity contribution < 1.29 is 9.59 Å². The van der Waals surface area contributed by atoms with Crippen molar-refractivity contribution in [2.45, 2.75) is 57.8 Å². The molecule has 1 N–H and O–H groups in total. The van der Waals surface area contributed by atoms with Gasteiger partial charge in [-0.2, -0.15) is 0 Å². The van der Waals surface area contributed by atoms with Crippen molar-refractivity contribution in [3.05, 3.63) is 46.4 Å². The predicted molar refractivity (Wildman–Crippen MR) is 102 cm³/mol. The summed E-state index contributed by atoms with van der Waals surface area (Å²) >= 11 is 1.62. The average molecular weight is 372 g/mol. The van der Waals surface area contributed by atoms with Crippen LogP contribution in [0.1, 0.15) is 49.2 Å². The molecule has 138 valence electrons. The normalized spacial score (nSPS) is 25.8. The fourth-order valence-electron chi connectivity index (χ4n) is 4.18. The Morgan fingerprint density at radius 3 is 2.88 bits per heavy atom. The molecule has 3 heterocycles. The van der Waals surface area contributed by atoms with Gasteiger partial charge in [-0.05, 0) is 42.3 Å². The Morgan fingerprint density at radius 2 is 2.12 bits per heavy atom. The molecular weight excluding hydrogens is 346 g/mol. The second-order valence-electron chi connectivity index (χ2n) is 7.44. The lowest BCUT2D eigenvalue weighted by molar-refractivity contribution is -0.145. The number of hydrogen-bond donors (Lipinski definition) is 1. The van der Waals surface area contributed by atoms with Crippen molar-refractivity contribution in [2.24, 2.45) is 5.92 Å². The van der Waals surface area contributed by atoms with E-state index in [-0.39, 0.29) is 17.9 Å². The lowest BCUT2D eigenvalue weighted by atomic mass is 9.85. The van der Waals surface area contributed by atoms with Crippen LogP contribution >= 0.6 is 11.3 Å². The third-order valence-corrected chi connectivity index (χ3v) is 6.54.